The molecule has 150 valence electrons. The number of aromatic nitrogens is 1. The molecule has 2 atom stereocenters. The van der Waals surface area contributed by atoms with Crippen LogP contribution in [0.2, 0.25) is 0 Å². The maximum Gasteiger partial charge on any atom is 0.407 e. The fraction of sp³-hybridized carbons (Fsp3) is 0.455. The zero-order valence-corrected chi connectivity index (χ0v) is 17.0. The first-order valence-electron chi connectivity index (χ1n) is 9.69. The van der Waals surface area contributed by atoms with Crippen LogP contribution in [0.5, 0.6) is 5.75 Å². The van der Waals surface area contributed by atoms with Crippen LogP contribution in [0.4, 0.5) is 10.6 Å². The molecule has 0 radical (unpaired) electrons. The van der Waals surface area contributed by atoms with Crippen LogP contribution in [0, 0.1) is 0 Å². The third kappa shape index (κ3) is 5.38. The Morgan fingerprint density at radius 2 is 1.86 bits per heavy atom. The largest absolute Gasteiger partial charge is 0.496 e. The fourth-order valence-electron chi connectivity index (χ4n) is 3.45. The quantitative estimate of drug-likeness (QED) is 0.788. The summed E-state index contributed by atoms with van der Waals surface area (Å²) in [5, 5.41) is 6.42. The lowest BCUT2D eigenvalue weighted by atomic mass is 10.1. The first-order valence-corrected chi connectivity index (χ1v) is 9.69. The molecular weight excluding hydrogens is 354 g/mol. The van der Waals surface area contributed by atoms with E-state index in [1.807, 2.05) is 63.4 Å². The summed E-state index contributed by atoms with van der Waals surface area (Å²) in [4.78, 5) is 16.5. The van der Waals surface area contributed by atoms with Gasteiger partial charge in [0, 0.05) is 29.4 Å². The molecule has 1 heterocycles. The Labute approximate surface area is 166 Å². The number of pyridine rings is 1. The van der Waals surface area contributed by atoms with Gasteiger partial charge >= 0.3 is 6.09 Å². The van der Waals surface area contributed by atoms with Gasteiger partial charge in [0.2, 0.25) is 0 Å². The Kier molecular flexibility index (Phi) is 6.07. The molecule has 1 aromatic carbocycles. The molecule has 1 aliphatic rings. The lowest BCUT2D eigenvalue weighted by molar-refractivity contribution is 0.0505. The topological polar surface area (TPSA) is 72.5 Å². The highest BCUT2D eigenvalue weighted by Gasteiger charge is 2.27. The maximum atomic E-state index is 11.9. The monoisotopic (exact) mass is 383 g/mol. The van der Waals surface area contributed by atoms with E-state index >= 15 is 0 Å². The Balaban J connectivity index is 1.55. The van der Waals surface area contributed by atoms with Crippen molar-refractivity contribution in [2.45, 2.75) is 57.7 Å². The van der Waals surface area contributed by atoms with E-state index in [1.165, 1.54) is 0 Å². The van der Waals surface area contributed by atoms with Gasteiger partial charge in [-0.15, -0.1) is 0 Å². The number of rotatable bonds is 5. The smallest absolute Gasteiger partial charge is 0.407 e. The van der Waals surface area contributed by atoms with Crippen LogP contribution in [-0.4, -0.2) is 35.9 Å². The van der Waals surface area contributed by atoms with E-state index in [9.17, 15) is 4.79 Å². The van der Waals surface area contributed by atoms with Gasteiger partial charge in [0.1, 0.15) is 17.2 Å². The lowest BCUT2D eigenvalue weighted by Crippen LogP contribution is -2.38. The number of carbonyl (C=O) groups excluding carboxylic acids is 1. The molecule has 28 heavy (non-hydrogen) atoms. The Bertz CT molecular complexity index is 799. The van der Waals surface area contributed by atoms with Crippen LogP contribution in [0.3, 0.4) is 0 Å². The van der Waals surface area contributed by atoms with Gasteiger partial charge < -0.3 is 20.1 Å². The van der Waals surface area contributed by atoms with E-state index in [0.29, 0.717) is 0 Å². The summed E-state index contributed by atoms with van der Waals surface area (Å²) in [5.41, 5.74) is 1.55. The highest BCUT2D eigenvalue weighted by Crippen LogP contribution is 2.30. The molecule has 2 N–H and O–H groups in total. The summed E-state index contributed by atoms with van der Waals surface area (Å²) in [6.07, 6.45) is 4.27. The van der Waals surface area contributed by atoms with Crippen LogP contribution in [0.15, 0.2) is 42.6 Å². The third-order valence-electron chi connectivity index (χ3n) is 4.69. The summed E-state index contributed by atoms with van der Waals surface area (Å²) in [6.45, 7) is 5.60. The van der Waals surface area contributed by atoms with E-state index in [2.05, 4.69) is 15.6 Å². The van der Waals surface area contributed by atoms with E-state index in [1.54, 1.807) is 7.11 Å². The summed E-state index contributed by atoms with van der Waals surface area (Å²) >= 11 is 0. The number of nitrogens with zero attached hydrogens (tertiary/aromatic N) is 1. The normalized spacial score (nSPS) is 19.1. The zero-order chi connectivity index (χ0) is 20.1. The van der Waals surface area contributed by atoms with Crippen molar-refractivity contribution < 1.29 is 14.3 Å². The Morgan fingerprint density at radius 1 is 1.11 bits per heavy atom. The number of hydrogen-bond acceptors (Lipinski definition) is 5. The molecule has 1 amide bonds. The minimum atomic E-state index is -0.479. The standard InChI is InChI=1S/C22H29N3O3/c1-22(2,3)28-21(26)25-17-11-10-16(13-17)24-20-12-9-15(14-23-20)18-7-5-6-8-19(18)27-4/h5-9,12,14,16-17H,10-11,13H2,1-4H3,(H,23,24)(H,25,26)/t16-,17-/m0/s1. The molecule has 1 saturated carbocycles. The average molecular weight is 383 g/mol. The molecule has 0 saturated heterocycles. The minimum absolute atomic E-state index is 0.125. The van der Waals surface area contributed by atoms with Gasteiger partial charge in [0.05, 0.1) is 7.11 Å². The van der Waals surface area contributed by atoms with Gasteiger partial charge in [-0.25, -0.2) is 9.78 Å². The van der Waals surface area contributed by atoms with Gasteiger partial charge in [0.25, 0.3) is 0 Å². The van der Waals surface area contributed by atoms with Gasteiger partial charge in [-0.3, -0.25) is 0 Å². The Hall–Kier alpha value is -2.76. The molecule has 0 spiro atoms. The molecule has 2 aromatic rings. The second kappa shape index (κ2) is 8.50. The summed E-state index contributed by atoms with van der Waals surface area (Å²) in [5.74, 6) is 1.67. The maximum absolute atomic E-state index is 11.9. The summed E-state index contributed by atoms with van der Waals surface area (Å²) in [7, 11) is 1.67. The number of methoxy groups -OCH3 is 1. The highest BCUT2D eigenvalue weighted by atomic mass is 16.6. The molecular formula is C22H29N3O3. The lowest BCUT2D eigenvalue weighted by Gasteiger charge is -2.22. The molecule has 0 aliphatic heterocycles. The number of anilines is 1. The van der Waals surface area contributed by atoms with Crippen molar-refractivity contribution in [2.24, 2.45) is 0 Å². The first-order chi connectivity index (χ1) is 13.3. The summed E-state index contributed by atoms with van der Waals surface area (Å²) < 4.78 is 10.8. The van der Waals surface area contributed by atoms with Gasteiger partial charge in [-0.1, -0.05) is 18.2 Å². The number of ether oxygens (including phenoxy) is 2. The van der Waals surface area contributed by atoms with Crippen LogP contribution in [-0.2, 0) is 4.74 Å². The molecule has 6 heteroatoms. The van der Waals surface area contributed by atoms with E-state index in [4.69, 9.17) is 9.47 Å². The van der Waals surface area contributed by atoms with Crippen molar-refractivity contribution in [2.75, 3.05) is 12.4 Å². The van der Waals surface area contributed by atoms with Crippen LogP contribution in [0.25, 0.3) is 11.1 Å². The van der Waals surface area contributed by atoms with Crippen molar-refractivity contribution in [3.8, 4) is 16.9 Å². The van der Waals surface area contributed by atoms with Crippen molar-refractivity contribution >= 4 is 11.9 Å². The molecule has 1 aliphatic carbocycles. The van der Waals surface area contributed by atoms with Crippen molar-refractivity contribution in [3.63, 3.8) is 0 Å². The molecule has 0 bridgehead atoms. The molecule has 1 fully saturated rings. The fourth-order valence-corrected chi connectivity index (χ4v) is 3.45. The SMILES string of the molecule is COc1ccccc1-c1ccc(N[C@H]2CC[C@H](NC(=O)OC(C)(C)C)C2)nc1. The molecule has 1 aromatic heterocycles. The number of benzene rings is 1. The van der Waals surface area contributed by atoms with Crippen molar-refractivity contribution in [3.05, 3.63) is 42.6 Å². The second-order valence-corrected chi connectivity index (χ2v) is 8.13. The van der Waals surface area contributed by atoms with Crippen LogP contribution >= 0.6 is 0 Å². The average Bonchev–Trinajstić information content (AvgIpc) is 3.07. The first kappa shape index (κ1) is 20.0. The Morgan fingerprint density at radius 3 is 2.54 bits per heavy atom. The van der Waals surface area contributed by atoms with E-state index in [-0.39, 0.29) is 18.2 Å². The summed E-state index contributed by atoms with van der Waals surface area (Å²) in [6, 6.07) is 12.3. The minimum Gasteiger partial charge on any atom is -0.496 e. The third-order valence-corrected chi connectivity index (χ3v) is 4.69. The second-order valence-electron chi connectivity index (χ2n) is 8.13. The number of hydrogen-bond donors (Lipinski definition) is 2. The van der Waals surface area contributed by atoms with Crippen LogP contribution < -0.4 is 15.4 Å². The number of para-hydroxylation sites is 1. The van der Waals surface area contributed by atoms with Gasteiger partial charge in [-0.2, -0.15) is 0 Å². The number of carbonyl (C=O) groups is 1. The van der Waals surface area contributed by atoms with Crippen molar-refractivity contribution in [1.82, 2.24) is 10.3 Å². The highest BCUT2D eigenvalue weighted by molar-refractivity contribution is 5.70. The van der Waals surface area contributed by atoms with Crippen LogP contribution in [0.1, 0.15) is 40.0 Å². The predicted octanol–water partition coefficient (Wildman–Crippen LogP) is 4.61. The van der Waals surface area contributed by atoms with E-state index in [0.717, 1.165) is 42.0 Å². The van der Waals surface area contributed by atoms with Gasteiger partial charge in [-0.05, 0) is 58.2 Å². The number of nitrogens with one attached hydrogen (secondary N) is 2. The van der Waals surface area contributed by atoms with Crippen molar-refractivity contribution in [1.29, 1.82) is 0 Å². The van der Waals surface area contributed by atoms with Gasteiger partial charge in [0.15, 0.2) is 0 Å². The zero-order valence-electron chi connectivity index (χ0n) is 17.0. The molecule has 3 rings (SSSR count). The molecule has 0 unspecified atom stereocenters. The predicted molar refractivity (Wildman–Crippen MR) is 111 cm³/mol. The number of amides is 1. The number of alkyl carbamates (subject to hydrolysis) is 1. The van der Waals surface area contributed by atoms with E-state index < -0.39 is 5.60 Å². The molecule has 6 nitrogen and oxygen atoms in total.